The molecule has 23 heavy (non-hydrogen) atoms. The van der Waals surface area contributed by atoms with Gasteiger partial charge in [-0.3, -0.25) is 4.79 Å². The summed E-state index contributed by atoms with van der Waals surface area (Å²) in [6.45, 7) is 0.275. The average Bonchev–Trinajstić information content (AvgIpc) is 2.52. The lowest BCUT2D eigenvalue weighted by molar-refractivity contribution is -0.137. The summed E-state index contributed by atoms with van der Waals surface area (Å²) in [5, 5.41) is 11.8. The van der Waals surface area contributed by atoms with Crippen molar-refractivity contribution in [2.45, 2.75) is 12.7 Å². The normalized spacial score (nSPS) is 10.9. The van der Waals surface area contributed by atoms with Gasteiger partial charge in [-0.15, -0.1) is 0 Å². The fraction of sp³-hybridized carbons (Fsp3) is 0.125. The predicted octanol–water partition coefficient (Wildman–Crippen LogP) is 3.29. The predicted molar refractivity (Wildman–Crippen MR) is 78.4 cm³/mol. The van der Waals surface area contributed by atoms with Gasteiger partial charge < -0.3 is 11.1 Å². The summed E-state index contributed by atoms with van der Waals surface area (Å²) < 4.78 is 38.2. The quantitative estimate of drug-likeness (QED) is 0.907. The lowest BCUT2D eigenvalue weighted by Gasteiger charge is -2.12. The summed E-state index contributed by atoms with van der Waals surface area (Å²) in [5.74, 6) is -0.562. The summed E-state index contributed by atoms with van der Waals surface area (Å²) in [5.41, 5.74) is 5.21. The molecule has 0 saturated heterocycles. The number of nitriles is 1. The Balaban J connectivity index is 2.17. The molecule has 3 N–H and O–H groups in total. The maximum Gasteiger partial charge on any atom is 0.417 e. The van der Waals surface area contributed by atoms with Crippen LogP contribution in [0, 0.1) is 11.3 Å². The third kappa shape index (κ3) is 4.01. The van der Waals surface area contributed by atoms with E-state index in [2.05, 4.69) is 5.32 Å². The zero-order valence-electron chi connectivity index (χ0n) is 11.8. The molecule has 0 spiro atoms. The summed E-state index contributed by atoms with van der Waals surface area (Å²) in [6.07, 6.45) is -4.57. The number of carbonyl (C=O) groups excluding carboxylic acids is 1. The van der Waals surface area contributed by atoms with E-state index in [1.165, 1.54) is 6.07 Å². The third-order valence-corrected chi connectivity index (χ3v) is 3.15. The molecule has 0 radical (unpaired) electrons. The fourth-order valence-electron chi connectivity index (χ4n) is 2.03. The lowest BCUT2D eigenvalue weighted by Crippen LogP contribution is -2.11. The number of rotatable bonds is 4. The van der Waals surface area contributed by atoms with Gasteiger partial charge in [0.2, 0.25) is 5.91 Å². The van der Waals surface area contributed by atoms with Crippen LogP contribution in [0.4, 0.5) is 18.9 Å². The van der Waals surface area contributed by atoms with E-state index in [-0.39, 0.29) is 6.54 Å². The number of halogens is 3. The molecule has 0 saturated carbocycles. The van der Waals surface area contributed by atoms with Crippen molar-refractivity contribution in [3.05, 3.63) is 64.7 Å². The highest BCUT2D eigenvalue weighted by molar-refractivity contribution is 5.92. The highest BCUT2D eigenvalue weighted by Crippen LogP contribution is 2.33. The minimum atomic E-state index is -4.57. The topological polar surface area (TPSA) is 78.9 Å². The number of hydrogen-bond donors (Lipinski definition) is 2. The second kappa shape index (κ2) is 6.40. The molecule has 0 aromatic heterocycles. The Labute approximate surface area is 130 Å². The van der Waals surface area contributed by atoms with Crippen molar-refractivity contribution in [2.75, 3.05) is 5.32 Å². The molecule has 7 heteroatoms. The van der Waals surface area contributed by atoms with E-state index in [9.17, 15) is 18.0 Å². The van der Waals surface area contributed by atoms with E-state index in [4.69, 9.17) is 11.0 Å². The molecule has 0 heterocycles. The van der Waals surface area contributed by atoms with Crippen LogP contribution in [0.3, 0.4) is 0 Å². The van der Waals surface area contributed by atoms with Gasteiger partial charge in [0.25, 0.3) is 0 Å². The number of anilines is 1. The average molecular weight is 319 g/mol. The molecule has 0 atom stereocenters. The molecular weight excluding hydrogens is 307 g/mol. The van der Waals surface area contributed by atoms with Crippen LogP contribution in [-0.4, -0.2) is 5.91 Å². The minimum Gasteiger partial charge on any atom is -0.381 e. The summed E-state index contributed by atoms with van der Waals surface area (Å²) in [7, 11) is 0. The second-order valence-corrected chi connectivity index (χ2v) is 4.79. The van der Waals surface area contributed by atoms with Crippen LogP contribution < -0.4 is 11.1 Å². The molecule has 2 aromatic carbocycles. The summed E-state index contributed by atoms with van der Waals surface area (Å²) >= 11 is 0. The van der Waals surface area contributed by atoms with Gasteiger partial charge in [-0.1, -0.05) is 12.1 Å². The van der Waals surface area contributed by atoms with E-state index in [0.717, 1.165) is 17.7 Å². The van der Waals surface area contributed by atoms with Crippen molar-refractivity contribution in [3.63, 3.8) is 0 Å². The van der Waals surface area contributed by atoms with Gasteiger partial charge in [-0.25, -0.2) is 0 Å². The SMILES string of the molecule is N#Cc1cc(NCc2cccc(C(N)=O)c2)ccc1C(F)(F)F. The first-order chi connectivity index (χ1) is 10.8. The van der Waals surface area contributed by atoms with Crippen molar-refractivity contribution < 1.29 is 18.0 Å². The van der Waals surface area contributed by atoms with Crippen molar-refractivity contribution >= 4 is 11.6 Å². The Morgan fingerprint density at radius 1 is 1.22 bits per heavy atom. The summed E-state index contributed by atoms with van der Waals surface area (Å²) in [4.78, 5) is 11.1. The van der Waals surface area contributed by atoms with Gasteiger partial charge in [-0.05, 0) is 35.9 Å². The van der Waals surface area contributed by atoms with Crippen molar-refractivity contribution in [1.82, 2.24) is 0 Å². The van der Waals surface area contributed by atoms with Gasteiger partial charge in [-0.2, -0.15) is 18.4 Å². The zero-order valence-corrected chi connectivity index (χ0v) is 11.8. The van der Waals surface area contributed by atoms with Gasteiger partial charge in [0.05, 0.1) is 17.2 Å². The van der Waals surface area contributed by atoms with Crippen LogP contribution in [0.25, 0.3) is 0 Å². The van der Waals surface area contributed by atoms with Crippen LogP contribution in [0.15, 0.2) is 42.5 Å². The number of benzene rings is 2. The Kier molecular flexibility index (Phi) is 4.55. The highest BCUT2D eigenvalue weighted by atomic mass is 19.4. The van der Waals surface area contributed by atoms with Crippen molar-refractivity contribution in [2.24, 2.45) is 5.73 Å². The molecule has 4 nitrogen and oxygen atoms in total. The first-order valence-electron chi connectivity index (χ1n) is 6.55. The molecule has 0 aliphatic carbocycles. The number of nitrogens with zero attached hydrogens (tertiary/aromatic N) is 1. The molecule has 0 unspecified atom stereocenters. The number of nitrogens with two attached hydrogens (primary N) is 1. The zero-order chi connectivity index (χ0) is 17.0. The molecular formula is C16H12F3N3O. The molecule has 2 aromatic rings. The summed E-state index contributed by atoms with van der Waals surface area (Å²) in [6, 6.07) is 11.4. The fourth-order valence-corrected chi connectivity index (χ4v) is 2.03. The van der Waals surface area contributed by atoms with E-state index < -0.39 is 23.2 Å². The lowest BCUT2D eigenvalue weighted by atomic mass is 10.1. The number of primary amides is 1. The second-order valence-electron chi connectivity index (χ2n) is 4.79. The molecule has 0 aliphatic rings. The standard InChI is InChI=1S/C16H12F3N3O/c17-16(18,19)14-5-4-13(7-12(14)8-20)22-9-10-2-1-3-11(6-10)15(21)23/h1-7,22H,9H2,(H2,21,23). The maximum atomic E-state index is 12.7. The van der Waals surface area contributed by atoms with E-state index in [1.807, 2.05) is 0 Å². The van der Waals surface area contributed by atoms with Crippen LogP contribution in [0.2, 0.25) is 0 Å². The smallest absolute Gasteiger partial charge is 0.381 e. The molecule has 0 fully saturated rings. The first-order valence-corrected chi connectivity index (χ1v) is 6.55. The van der Waals surface area contributed by atoms with Gasteiger partial charge >= 0.3 is 6.18 Å². The van der Waals surface area contributed by atoms with E-state index in [1.54, 1.807) is 30.3 Å². The number of nitrogens with one attached hydrogen (secondary N) is 1. The van der Waals surface area contributed by atoms with Crippen LogP contribution >= 0.6 is 0 Å². The molecule has 118 valence electrons. The van der Waals surface area contributed by atoms with E-state index in [0.29, 0.717) is 11.3 Å². The number of alkyl halides is 3. The Bertz CT molecular complexity index is 779. The first kappa shape index (κ1) is 16.4. The molecule has 1 amide bonds. The van der Waals surface area contributed by atoms with Crippen molar-refractivity contribution in [1.29, 1.82) is 5.26 Å². The van der Waals surface area contributed by atoms with Crippen LogP contribution in [0.5, 0.6) is 0 Å². The Morgan fingerprint density at radius 2 is 1.96 bits per heavy atom. The number of carbonyl (C=O) groups is 1. The van der Waals surface area contributed by atoms with Gasteiger partial charge in [0.1, 0.15) is 0 Å². The molecule has 0 bridgehead atoms. The third-order valence-electron chi connectivity index (χ3n) is 3.15. The van der Waals surface area contributed by atoms with E-state index >= 15 is 0 Å². The largest absolute Gasteiger partial charge is 0.417 e. The van der Waals surface area contributed by atoms with Gasteiger partial charge in [0, 0.05) is 17.8 Å². The maximum absolute atomic E-state index is 12.7. The number of amides is 1. The Hall–Kier alpha value is -3.01. The van der Waals surface area contributed by atoms with Crippen LogP contribution in [0.1, 0.15) is 27.0 Å². The highest BCUT2D eigenvalue weighted by Gasteiger charge is 2.33. The minimum absolute atomic E-state index is 0.275. The number of hydrogen-bond acceptors (Lipinski definition) is 3. The van der Waals surface area contributed by atoms with Crippen molar-refractivity contribution in [3.8, 4) is 6.07 Å². The van der Waals surface area contributed by atoms with Gasteiger partial charge in [0.15, 0.2) is 0 Å². The Morgan fingerprint density at radius 3 is 2.57 bits per heavy atom. The van der Waals surface area contributed by atoms with Crippen LogP contribution in [-0.2, 0) is 12.7 Å². The monoisotopic (exact) mass is 319 g/mol. The molecule has 2 rings (SSSR count). The molecule has 0 aliphatic heterocycles.